The lowest BCUT2D eigenvalue weighted by Crippen LogP contribution is -2.57. The normalized spacial score (nSPS) is 30.1. The Labute approximate surface area is 156 Å². The van der Waals surface area contributed by atoms with E-state index in [1.807, 2.05) is 16.7 Å². The minimum atomic E-state index is -0.781. The van der Waals surface area contributed by atoms with Crippen LogP contribution >= 0.6 is 0 Å². The quantitative estimate of drug-likeness (QED) is 0.746. The van der Waals surface area contributed by atoms with Crippen molar-refractivity contribution in [2.75, 3.05) is 39.3 Å². The van der Waals surface area contributed by atoms with Gasteiger partial charge in [0.05, 0.1) is 6.54 Å². The van der Waals surface area contributed by atoms with Gasteiger partial charge in [-0.15, -0.1) is 0 Å². The molecule has 1 atom stereocenters. The highest BCUT2D eigenvalue weighted by Crippen LogP contribution is 2.26. The van der Waals surface area contributed by atoms with E-state index in [9.17, 15) is 9.59 Å². The Morgan fingerprint density at radius 1 is 1.12 bits per heavy atom. The molecule has 0 radical (unpaired) electrons. The van der Waals surface area contributed by atoms with E-state index in [1.165, 1.54) is 38.8 Å². The fourth-order valence-corrected chi connectivity index (χ4v) is 4.65. The Morgan fingerprint density at radius 2 is 1.81 bits per heavy atom. The van der Waals surface area contributed by atoms with Crippen LogP contribution in [0.3, 0.4) is 0 Å². The van der Waals surface area contributed by atoms with Crippen molar-refractivity contribution in [3.63, 3.8) is 0 Å². The summed E-state index contributed by atoms with van der Waals surface area (Å²) in [6, 6.07) is 1.05. The first-order valence-electron chi connectivity index (χ1n) is 10.3. The molecule has 2 aliphatic heterocycles. The molecule has 7 nitrogen and oxygen atoms in total. The van der Waals surface area contributed by atoms with E-state index in [0.29, 0.717) is 6.04 Å². The van der Waals surface area contributed by atoms with Crippen LogP contribution < -0.4 is 5.32 Å². The summed E-state index contributed by atoms with van der Waals surface area (Å²) in [6.07, 6.45) is 7.79. The molecule has 0 aromatic carbocycles. The number of likely N-dealkylation sites (N-methyl/N-ethyl adjacent to an activating group) is 1. The van der Waals surface area contributed by atoms with E-state index in [0.717, 1.165) is 38.9 Å². The molecule has 3 rings (SSSR count). The van der Waals surface area contributed by atoms with E-state index < -0.39 is 5.97 Å². The van der Waals surface area contributed by atoms with Crippen LogP contribution in [0.5, 0.6) is 0 Å². The highest BCUT2D eigenvalue weighted by atomic mass is 16.4. The molecule has 2 saturated heterocycles. The molecular formula is C19H34N4O3. The number of carboxylic acids is 1. The van der Waals surface area contributed by atoms with Gasteiger partial charge in [0, 0.05) is 31.2 Å². The second kappa shape index (κ2) is 9.04. The first-order valence-corrected chi connectivity index (χ1v) is 10.3. The number of aliphatic carboxylic acids is 1. The zero-order valence-electron chi connectivity index (χ0n) is 16.0. The maximum atomic E-state index is 12.7. The van der Waals surface area contributed by atoms with Crippen molar-refractivity contribution in [1.82, 2.24) is 20.0 Å². The van der Waals surface area contributed by atoms with Crippen molar-refractivity contribution in [1.29, 1.82) is 0 Å². The van der Waals surface area contributed by atoms with Gasteiger partial charge in [0.25, 0.3) is 0 Å². The third kappa shape index (κ3) is 4.88. The number of likely N-dealkylation sites (tertiary alicyclic amines) is 2. The number of urea groups is 1. The molecule has 3 fully saturated rings. The Balaban J connectivity index is 1.45. The molecule has 7 heteroatoms. The van der Waals surface area contributed by atoms with Crippen LogP contribution in [-0.4, -0.2) is 89.2 Å². The molecule has 148 valence electrons. The number of amides is 2. The highest BCUT2D eigenvalue weighted by molar-refractivity contribution is 5.74. The van der Waals surface area contributed by atoms with Crippen molar-refractivity contribution >= 4 is 12.0 Å². The molecule has 2 heterocycles. The van der Waals surface area contributed by atoms with Crippen molar-refractivity contribution < 1.29 is 14.7 Å². The molecule has 0 aromatic heterocycles. The molecule has 1 unspecified atom stereocenters. The van der Waals surface area contributed by atoms with Gasteiger partial charge >= 0.3 is 12.0 Å². The lowest BCUT2D eigenvalue weighted by atomic mass is 9.85. The fraction of sp³-hybridized carbons (Fsp3) is 0.895. The second-order valence-electron chi connectivity index (χ2n) is 8.07. The predicted octanol–water partition coefficient (Wildman–Crippen LogP) is 1.58. The standard InChI is InChI=1S/C19H34N4O3/c1-2-21(14-18(24)25)17-11-15(12-17)20-19(26)23-10-4-3-7-16(13-23)22-8-5-6-9-22/h15-17H,2-14H2,1H3,(H,20,26)(H,24,25). The van der Waals surface area contributed by atoms with Gasteiger partial charge in [-0.25, -0.2) is 4.79 Å². The summed E-state index contributed by atoms with van der Waals surface area (Å²) >= 11 is 0. The predicted molar refractivity (Wildman–Crippen MR) is 100 cm³/mol. The van der Waals surface area contributed by atoms with Gasteiger partial charge in [-0.2, -0.15) is 0 Å². The number of carbonyl (C=O) groups is 2. The van der Waals surface area contributed by atoms with Crippen LogP contribution in [0.2, 0.25) is 0 Å². The average molecular weight is 367 g/mol. The molecule has 2 amide bonds. The highest BCUT2D eigenvalue weighted by Gasteiger charge is 2.36. The fourth-order valence-electron chi connectivity index (χ4n) is 4.65. The maximum Gasteiger partial charge on any atom is 0.317 e. The molecule has 3 aliphatic rings. The third-order valence-corrected chi connectivity index (χ3v) is 6.29. The SMILES string of the molecule is CCN(CC(=O)O)C1CC(NC(=O)N2CCCCC(N3CCCC3)C2)C1. The Kier molecular flexibility index (Phi) is 6.75. The van der Waals surface area contributed by atoms with Crippen LogP contribution in [-0.2, 0) is 4.79 Å². The summed E-state index contributed by atoms with van der Waals surface area (Å²) < 4.78 is 0. The number of nitrogens with one attached hydrogen (secondary N) is 1. The first kappa shape index (κ1) is 19.4. The summed E-state index contributed by atoms with van der Waals surface area (Å²) in [5.41, 5.74) is 0. The van der Waals surface area contributed by atoms with Crippen molar-refractivity contribution in [2.24, 2.45) is 0 Å². The van der Waals surface area contributed by atoms with E-state index in [2.05, 4.69) is 10.2 Å². The van der Waals surface area contributed by atoms with Gasteiger partial charge < -0.3 is 15.3 Å². The van der Waals surface area contributed by atoms with Gasteiger partial charge in [0.2, 0.25) is 0 Å². The van der Waals surface area contributed by atoms with E-state index in [4.69, 9.17) is 5.11 Å². The van der Waals surface area contributed by atoms with E-state index in [1.54, 1.807) is 0 Å². The summed E-state index contributed by atoms with van der Waals surface area (Å²) in [6.45, 7) is 6.88. The monoisotopic (exact) mass is 366 g/mol. The van der Waals surface area contributed by atoms with Crippen LogP contribution in [0.4, 0.5) is 4.79 Å². The zero-order chi connectivity index (χ0) is 18.5. The van der Waals surface area contributed by atoms with Crippen LogP contribution in [0.15, 0.2) is 0 Å². The van der Waals surface area contributed by atoms with Crippen LogP contribution in [0.1, 0.15) is 51.9 Å². The molecule has 2 N–H and O–H groups in total. The summed E-state index contributed by atoms with van der Waals surface area (Å²) in [4.78, 5) is 30.2. The van der Waals surface area contributed by atoms with Crippen molar-refractivity contribution in [3.05, 3.63) is 0 Å². The molecule has 0 spiro atoms. The topological polar surface area (TPSA) is 76.1 Å². The van der Waals surface area contributed by atoms with Gasteiger partial charge in [-0.3, -0.25) is 14.6 Å². The van der Waals surface area contributed by atoms with Gasteiger partial charge in [-0.05, 0) is 58.2 Å². The Hall–Kier alpha value is -1.34. The molecule has 1 saturated carbocycles. The number of nitrogens with zero attached hydrogens (tertiary/aromatic N) is 3. The van der Waals surface area contributed by atoms with Gasteiger partial charge in [0.15, 0.2) is 0 Å². The molecular weight excluding hydrogens is 332 g/mol. The maximum absolute atomic E-state index is 12.7. The lowest BCUT2D eigenvalue weighted by molar-refractivity contribution is -0.139. The Bertz CT molecular complexity index is 489. The molecule has 0 bridgehead atoms. The van der Waals surface area contributed by atoms with Crippen molar-refractivity contribution in [2.45, 2.75) is 70.0 Å². The van der Waals surface area contributed by atoms with Crippen LogP contribution in [0.25, 0.3) is 0 Å². The number of hydrogen-bond donors (Lipinski definition) is 2. The first-order chi connectivity index (χ1) is 12.6. The van der Waals surface area contributed by atoms with Crippen molar-refractivity contribution in [3.8, 4) is 0 Å². The largest absolute Gasteiger partial charge is 0.480 e. The minimum absolute atomic E-state index is 0.0702. The van der Waals surface area contributed by atoms with E-state index >= 15 is 0 Å². The number of carboxylic acid groups (broad SMARTS) is 1. The van der Waals surface area contributed by atoms with Gasteiger partial charge in [0.1, 0.15) is 0 Å². The number of rotatable bonds is 6. The third-order valence-electron chi connectivity index (χ3n) is 6.29. The molecule has 26 heavy (non-hydrogen) atoms. The van der Waals surface area contributed by atoms with E-state index in [-0.39, 0.29) is 24.7 Å². The zero-order valence-corrected chi connectivity index (χ0v) is 16.0. The lowest BCUT2D eigenvalue weighted by Gasteiger charge is -2.43. The number of carbonyl (C=O) groups excluding carboxylic acids is 1. The summed E-state index contributed by atoms with van der Waals surface area (Å²) in [5.74, 6) is -0.781. The van der Waals surface area contributed by atoms with Gasteiger partial charge in [-0.1, -0.05) is 13.3 Å². The Morgan fingerprint density at radius 3 is 2.46 bits per heavy atom. The molecule has 0 aromatic rings. The number of hydrogen-bond acceptors (Lipinski definition) is 4. The summed E-state index contributed by atoms with van der Waals surface area (Å²) in [7, 11) is 0. The average Bonchev–Trinajstić information content (AvgIpc) is 3.00. The molecule has 1 aliphatic carbocycles. The second-order valence-corrected chi connectivity index (χ2v) is 8.07. The smallest absolute Gasteiger partial charge is 0.317 e. The van der Waals surface area contributed by atoms with Crippen LogP contribution in [0, 0.1) is 0 Å². The minimum Gasteiger partial charge on any atom is -0.480 e. The summed E-state index contributed by atoms with van der Waals surface area (Å²) in [5, 5.41) is 12.2.